The highest BCUT2D eigenvalue weighted by Crippen LogP contribution is 2.25. The predicted octanol–water partition coefficient (Wildman–Crippen LogP) is 1.67. The molecule has 2 saturated heterocycles. The first-order valence-corrected chi connectivity index (χ1v) is 10.6. The number of nitrogens with zero attached hydrogens (tertiary/aromatic N) is 4. The van der Waals surface area contributed by atoms with Gasteiger partial charge >= 0.3 is 18.1 Å². The Hall–Kier alpha value is -2.86. The number of nitrogens with two attached hydrogens (primary N) is 1. The zero-order valence-electron chi connectivity index (χ0n) is 18.4. The number of carboxylic acids is 2. The van der Waals surface area contributed by atoms with Crippen LogP contribution in [-0.2, 0) is 9.59 Å². The van der Waals surface area contributed by atoms with E-state index in [2.05, 4.69) is 34.0 Å². The van der Waals surface area contributed by atoms with Gasteiger partial charge in [-0.2, -0.15) is 18.3 Å². The fourth-order valence-electron chi connectivity index (χ4n) is 4.21. The molecule has 0 radical (unpaired) electrons. The van der Waals surface area contributed by atoms with E-state index < -0.39 is 18.1 Å². The molecular weight excluding hydrogens is 443 g/mol. The molecule has 1 aromatic rings. The smallest absolute Gasteiger partial charge is 0.480 e. The number of halogens is 3. The van der Waals surface area contributed by atoms with Gasteiger partial charge in [0.15, 0.2) is 0 Å². The summed E-state index contributed by atoms with van der Waals surface area (Å²) in [4.78, 5) is 26.9. The second kappa shape index (κ2) is 11.8. The fourth-order valence-corrected chi connectivity index (χ4v) is 4.21. The zero-order chi connectivity index (χ0) is 24.6. The van der Waals surface area contributed by atoms with Crippen LogP contribution in [0, 0.1) is 0 Å². The first kappa shape index (κ1) is 26.4. The van der Waals surface area contributed by atoms with Gasteiger partial charge in [-0.3, -0.25) is 14.6 Å². The fraction of sp³-hybridized carbons (Fsp3) is 0.571. The third kappa shape index (κ3) is 8.21. The number of benzene rings is 1. The molecule has 0 bridgehead atoms. The van der Waals surface area contributed by atoms with Crippen molar-refractivity contribution in [2.75, 3.05) is 44.2 Å². The number of carbonyl (C=O) groups is 2. The number of aliphatic carboxylic acids is 2. The molecule has 1 aromatic carbocycles. The van der Waals surface area contributed by atoms with Crippen molar-refractivity contribution in [2.45, 2.75) is 38.0 Å². The Morgan fingerprint density at radius 3 is 2.15 bits per heavy atom. The van der Waals surface area contributed by atoms with Gasteiger partial charge in [0, 0.05) is 50.5 Å². The van der Waals surface area contributed by atoms with Gasteiger partial charge in [0.05, 0.1) is 12.8 Å². The normalized spacial score (nSPS) is 21.0. The average molecular weight is 473 g/mol. The van der Waals surface area contributed by atoms with Crippen LogP contribution in [0.5, 0.6) is 0 Å². The Bertz CT molecular complexity index is 811. The van der Waals surface area contributed by atoms with Crippen LogP contribution in [0.1, 0.15) is 25.3 Å². The lowest BCUT2D eigenvalue weighted by molar-refractivity contribution is -0.192. The zero-order valence-corrected chi connectivity index (χ0v) is 18.4. The summed E-state index contributed by atoms with van der Waals surface area (Å²) in [5.74, 6) is 1.71. The van der Waals surface area contributed by atoms with E-state index in [-0.39, 0.29) is 6.54 Å². The summed E-state index contributed by atoms with van der Waals surface area (Å²) >= 11 is 0. The van der Waals surface area contributed by atoms with Crippen LogP contribution in [-0.4, -0.2) is 95.7 Å². The molecule has 0 aromatic heterocycles. The predicted molar refractivity (Wildman–Crippen MR) is 117 cm³/mol. The van der Waals surface area contributed by atoms with Crippen LogP contribution in [0.4, 0.5) is 18.9 Å². The molecule has 0 saturated carbocycles. The summed E-state index contributed by atoms with van der Waals surface area (Å²) in [5, 5.41) is 19.6. The summed E-state index contributed by atoms with van der Waals surface area (Å²) in [5.41, 5.74) is 2.25. The number of carboxylic acid groups (broad SMARTS) is 2. The first-order chi connectivity index (χ1) is 15.5. The molecular formula is C21H30F3N5O4. The van der Waals surface area contributed by atoms with Crippen molar-refractivity contribution >= 4 is 23.8 Å². The van der Waals surface area contributed by atoms with E-state index in [0.29, 0.717) is 12.1 Å². The van der Waals surface area contributed by atoms with Gasteiger partial charge in [-0.1, -0.05) is 12.1 Å². The van der Waals surface area contributed by atoms with E-state index in [9.17, 15) is 18.0 Å². The number of hydrogen-bond donors (Lipinski definition) is 3. The Labute approximate surface area is 190 Å². The van der Waals surface area contributed by atoms with Crippen LogP contribution in [0.25, 0.3) is 0 Å². The van der Waals surface area contributed by atoms with E-state index in [1.54, 1.807) is 6.21 Å². The molecule has 1 atom stereocenters. The molecule has 2 heterocycles. The highest BCUT2D eigenvalue weighted by atomic mass is 19.4. The lowest BCUT2D eigenvalue weighted by atomic mass is 9.99. The van der Waals surface area contributed by atoms with Gasteiger partial charge in [0.2, 0.25) is 0 Å². The second-order valence-corrected chi connectivity index (χ2v) is 8.11. The number of anilines is 1. The quantitative estimate of drug-likeness (QED) is 0.335. The van der Waals surface area contributed by atoms with Crippen molar-refractivity contribution in [2.24, 2.45) is 10.9 Å². The molecule has 3 rings (SSSR count). The van der Waals surface area contributed by atoms with Crippen LogP contribution in [0.3, 0.4) is 0 Å². The Balaban J connectivity index is 0.000000479. The highest BCUT2D eigenvalue weighted by molar-refractivity contribution is 5.80. The molecule has 33 heavy (non-hydrogen) atoms. The summed E-state index contributed by atoms with van der Waals surface area (Å²) in [7, 11) is 0. The number of piperazine rings is 1. The molecule has 1 unspecified atom stereocenters. The Morgan fingerprint density at radius 1 is 1.12 bits per heavy atom. The van der Waals surface area contributed by atoms with Gasteiger partial charge < -0.3 is 21.0 Å². The molecule has 2 aliphatic rings. The van der Waals surface area contributed by atoms with Crippen LogP contribution >= 0.6 is 0 Å². The van der Waals surface area contributed by atoms with E-state index >= 15 is 0 Å². The summed E-state index contributed by atoms with van der Waals surface area (Å²) in [6.07, 6.45) is -1.31. The molecule has 184 valence electrons. The van der Waals surface area contributed by atoms with Crippen molar-refractivity contribution in [3.63, 3.8) is 0 Å². The monoisotopic (exact) mass is 473 g/mol. The molecule has 4 N–H and O–H groups in total. The number of rotatable bonds is 5. The van der Waals surface area contributed by atoms with Crippen molar-refractivity contribution < 1.29 is 33.0 Å². The maximum atomic E-state index is 10.9. The van der Waals surface area contributed by atoms with Gasteiger partial charge in [0.25, 0.3) is 0 Å². The molecule has 12 heteroatoms. The molecule has 0 aliphatic carbocycles. The van der Waals surface area contributed by atoms with Crippen LogP contribution in [0.2, 0.25) is 0 Å². The molecule has 2 aliphatic heterocycles. The second-order valence-electron chi connectivity index (χ2n) is 8.11. The summed E-state index contributed by atoms with van der Waals surface area (Å²) in [6, 6.07) is 9.40. The van der Waals surface area contributed by atoms with E-state index in [0.717, 1.165) is 51.1 Å². The maximum absolute atomic E-state index is 10.9. The maximum Gasteiger partial charge on any atom is 0.490 e. The number of alkyl halides is 3. The van der Waals surface area contributed by atoms with E-state index in [1.165, 1.54) is 5.69 Å². The minimum Gasteiger partial charge on any atom is -0.480 e. The third-order valence-electron chi connectivity index (χ3n) is 5.79. The standard InChI is InChI=1S/C19H29N5O2.C2HF3O2/c1-15-13-23(17-4-2-16(3-5-17)12-21-20)10-11-24(15)18-6-8-22(9-7-18)14-19(25)26;3-2(4,5)1(6)7/h2-5,12,15,18H,6-11,13-14,20H2,1H3,(H,25,26);(H,6,7). The topological polar surface area (TPSA) is 123 Å². The Morgan fingerprint density at radius 2 is 1.70 bits per heavy atom. The number of hydrogen-bond acceptors (Lipinski definition) is 7. The Kier molecular flexibility index (Phi) is 9.47. The van der Waals surface area contributed by atoms with Crippen molar-refractivity contribution in [3.05, 3.63) is 29.8 Å². The minimum absolute atomic E-state index is 0.168. The van der Waals surface area contributed by atoms with Crippen LogP contribution in [0.15, 0.2) is 29.4 Å². The van der Waals surface area contributed by atoms with Gasteiger partial charge in [-0.15, -0.1) is 0 Å². The number of piperidine rings is 1. The van der Waals surface area contributed by atoms with Gasteiger partial charge in [-0.05, 0) is 37.5 Å². The minimum atomic E-state index is -5.08. The lowest BCUT2D eigenvalue weighted by Crippen LogP contribution is -2.57. The average Bonchev–Trinajstić information content (AvgIpc) is 2.74. The molecule has 0 amide bonds. The number of likely N-dealkylation sites (tertiary alicyclic amines) is 1. The summed E-state index contributed by atoms with van der Waals surface area (Å²) in [6.45, 7) is 7.31. The highest BCUT2D eigenvalue weighted by Gasteiger charge is 2.38. The third-order valence-corrected chi connectivity index (χ3v) is 5.79. The van der Waals surface area contributed by atoms with Gasteiger partial charge in [0.1, 0.15) is 0 Å². The summed E-state index contributed by atoms with van der Waals surface area (Å²) < 4.78 is 31.7. The van der Waals surface area contributed by atoms with E-state index in [1.807, 2.05) is 17.0 Å². The van der Waals surface area contributed by atoms with E-state index in [4.69, 9.17) is 20.9 Å². The van der Waals surface area contributed by atoms with Crippen molar-refractivity contribution in [1.29, 1.82) is 0 Å². The number of hydrazone groups is 1. The van der Waals surface area contributed by atoms with Crippen molar-refractivity contribution in [3.8, 4) is 0 Å². The van der Waals surface area contributed by atoms with Gasteiger partial charge in [-0.25, -0.2) is 4.79 Å². The van der Waals surface area contributed by atoms with Crippen LogP contribution < -0.4 is 10.7 Å². The molecule has 0 spiro atoms. The largest absolute Gasteiger partial charge is 0.490 e. The SMILES string of the molecule is CC1CN(c2ccc(C=NN)cc2)CCN1C1CCN(CC(=O)O)CC1.O=C(O)C(F)(F)F. The van der Waals surface area contributed by atoms with Crippen molar-refractivity contribution in [1.82, 2.24) is 9.80 Å². The lowest BCUT2D eigenvalue weighted by Gasteiger charge is -2.47. The molecule has 9 nitrogen and oxygen atoms in total. The first-order valence-electron chi connectivity index (χ1n) is 10.6. The molecule has 2 fully saturated rings.